The van der Waals surface area contributed by atoms with Gasteiger partial charge in [-0.1, -0.05) is 0 Å². The molecule has 0 saturated carbocycles. The quantitative estimate of drug-likeness (QED) is 0.780. The molecule has 7 heteroatoms. The summed E-state index contributed by atoms with van der Waals surface area (Å²) in [5, 5.41) is 2.83. The first-order chi connectivity index (χ1) is 12.8. The van der Waals surface area contributed by atoms with Gasteiger partial charge >= 0.3 is 0 Å². The number of nitrogens with zero attached hydrogens (tertiary/aromatic N) is 4. The van der Waals surface area contributed by atoms with Crippen molar-refractivity contribution in [3.63, 3.8) is 0 Å². The molecule has 3 aromatic rings. The largest absolute Gasteiger partial charge is 0.459 e. The Morgan fingerprint density at radius 1 is 0.923 bits per heavy atom. The van der Waals surface area contributed by atoms with Gasteiger partial charge in [0.15, 0.2) is 5.76 Å². The first kappa shape index (κ1) is 16.1. The van der Waals surface area contributed by atoms with E-state index in [2.05, 4.69) is 25.1 Å². The van der Waals surface area contributed by atoms with Gasteiger partial charge in [0, 0.05) is 49.9 Å². The highest BCUT2D eigenvalue weighted by molar-refractivity contribution is 6.02. The minimum atomic E-state index is -0.251. The van der Waals surface area contributed by atoms with Crippen molar-refractivity contribution >= 4 is 23.2 Å². The van der Waals surface area contributed by atoms with Gasteiger partial charge in [-0.05, 0) is 42.5 Å². The Labute approximate surface area is 151 Å². The molecular weight excluding hydrogens is 330 g/mol. The summed E-state index contributed by atoms with van der Waals surface area (Å²) >= 11 is 0. The van der Waals surface area contributed by atoms with Gasteiger partial charge in [-0.3, -0.25) is 4.79 Å². The second-order valence-corrected chi connectivity index (χ2v) is 6.00. The van der Waals surface area contributed by atoms with Crippen molar-refractivity contribution in [3.05, 3.63) is 66.9 Å². The Kier molecular flexibility index (Phi) is 4.51. The minimum Gasteiger partial charge on any atom is -0.459 e. The lowest BCUT2D eigenvalue weighted by Gasteiger charge is -2.36. The van der Waals surface area contributed by atoms with Crippen molar-refractivity contribution in [2.24, 2.45) is 0 Å². The van der Waals surface area contributed by atoms with E-state index in [-0.39, 0.29) is 5.91 Å². The van der Waals surface area contributed by atoms with Gasteiger partial charge in [0.2, 0.25) is 5.95 Å². The molecule has 1 aliphatic rings. The van der Waals surface area contributed by atoms with Crippen LogP contribution < -0.4 is 15.1 Å². The van der Waals surface area contributed by atoms with Crippen LogP contribution in [0.25, 0.3) is 0 Å². The zero-order valence-electron chi connectivity index (χ0n) is 14.2. The molecule has 26 heavy (non-hydrogen) atoms. The van der Waals surface area contributed by atoms with E-state index in [1.165, 1.54) is 6.26 Å². The lowest BCUT2D eigenvalue weighted by atomic mass is 10.2. The van der Waals surface area contributed by atoms with Crippen molar-refractivity contribution in [2.45, 2.75) is 0 Å². The van der Waals surface area contributed by atoms with E-state index in [1.54, 1.807) is 24.5 Å². The highest BCUT2D eigenvalue weighted by Crippen LogP contribution is 2.21. The Balaban J connectivity index is 1.35. The zero-order chi connectivity index (χ0) is 17.8. The molecule has 1 amide bonds. The lowest BCUT2D eigenvalue weighted by Crippen LogP contribution is -2.47. The molecule has 1 N–H and O–H groups in total. The van der Waals surface area contributed by atoms with Crippen LogP contribution in [0.3, 0.4) is 0 Å². The van der Waals surface area contributed by atoms with E-state index in [0.29, 0.717) is 5.76 Å². The molecule has 4 rings (SSSR count). The fraction of sp³-hybridized carbons (Fsp3) is 0.211. The molecule has 0 aliphatic carbocycles. The number of hydrogen-bond donors (Lipinski definition) is 1. The number of aromatic nitrogens is 2. The fourth-order valence-electron chi connectivity index (χ4n) is 2.98. The number of piperazine rings is 1. The van der Waals surface area contributed by atoms with Crippen LogP contribution in [-0.2, 0) is 0 Å². The number of furan rings is 1. The fourth-order valence-corrected chi connectivity index (χ4v) is 2.98. The highest BCUT2D eigenvalue weighted by Gasteiger charge is 2.19. The van der Waals surface area contributed by atoms with E-state index in [0.717, 1.165) is 43.5 Å². The van der Waals surface area contributed by atoms with Crippen LogP contribution in [0.5, 0.6) is 0 Å². The molecule has 132 valence electrons. The third kappa shape index (κ3) is 3.51. The van der Waals surface area contributed by atoms with E-state index in [4.69, 9.17) is 4.42 Å². The smallest absolute Gasteiger partial charge is 0.291 e. The molecule has 1 fully saturated rings. The third-order valence-electron chi connectivity index (χ3n) is 4.35. The first-order valence-electron chi connectivity index (χ1n) is 8.51. The average molecular weight is 349 g/mol. The topological polar surface area (TPSA) is 74.5 Å². The van der Waals surface area contributed by atoms with Gasteiger partial charge in [-0.25, -0.2) is 9.97 Å². The van der Waals surface area contributed by atoms with Gasteiger partial charge in [-0.2, -0.15) is 0 Å². The van der Waals surface area contributed by atoms with Crippen molar-refractivity contribution in [3.8, 4) is 0 Å². The Hall–Kier alpha value is -3.35. The standard InChI is InChI=1S/C19H19N5O2/c25-18(17-3-1-14-26-17)22-15-4-6-16(7-5-15)23-10-12-24(13-11-23)19-20-8-2-9-21-19/h1-9,14H,10-13H2,(H,22,25). The normalized spacial score (nSPS) is 14.3. The molecular formula is C19H19N5O2. The molecule has 0 atom stereocenters. The van der Waals surface area contributed by atoms with Gasteiger partial charge in [0.1, 0.15) is 0 Å². The van der Waals surface area contributed by atoms with Crippen molar-refractivity contribution < 1.29 is 9.21 Å². The molecule has 2 aromatic heterocycles. The minimum absolute atomic E-state index is 0.251. The predicted molar refractivity (Wildman–Crippen MR) is 99.6 cm³/mol. The number of amides is 1. The summed E-state index contributed by atoms with van der Waals surface area (Å²) < 4.78 is 5.10. The molecule has 0 radical (unpaired) electrons. The summed E-state index contributed by atoms with van der Waals surface area (Å²) in [5.41, 5.74) is 1.88. The van der Waals surface area contributed by atoms with Crippen LogP contribution in [0.15, 0.2) is 65.5 Å². The number of hydrogen-bond acceptors (Lipinski definition) is 6. The molecule has 1 saturated heterocycles. The van der Waals surface area contributed by atoms with Crippen molar-refractivity contribution in [1.29, 1.82) is 0 Å². The monoisotopic (exact) mass is 349 g/mol. The van der Waals surface area contributed by atoms with Crippen LogP contribution >= 0.6 is 0 Å². The SMILES string of the molecule is O=C(Nc1ccc(N2CCN(c3ncccn3)CC2)cc1)c1ccco1. The molecule has 1 aromatic carbocycles. The van der Waals surface area contributed by atoms with Crippen LogP contribution in [0.1, 0.15) is 10.6 Å². The van der Waals surface area contributed by atoms with Crippen molar-refractivity contribution in [2.75, 3.05) is 41.3 Å². The maximum atomic E-state index is 12.0. The summed E-state index contributed by atoms with van der Waals surface area (Å²) in [5.74, 6) is 0.829. The molecule has 1 aliphatic heterocycles. The van der Waals surface area contributed by atoms with Crippen LogP contribution in [0.4, 0.5) is 17.3 Å². The Bertz CT molecular complexity index is 841. The number of carbonyl (C=O) groups is 1. The zero-order valence-corrected chi connectivity index (χ0v) is 14.2. The number of benzene rings is 1. The van der Waals surface area contributed by atoms with Gasteiger partial charge in [0.25, 0.3) is 5.91 Å². The summed E-state index contributed by atoms with van der Waals surface area (Å²) in [4.78, 5) is 25.1. The maximum Gasteiger partial charge on any atom is 0.291 e. The number of rotatable bonds is 4. The third-order valence-corrected chi connectivity index (χ3v) is 4.35. The van der Waals surface area contributed by atoms with E-state index in [9.17, 15) is 4.79 Å². The molecule has 0 bridgehead atoms. The molecule has 7 nitrogen and oxygen atoms in total. The second-order valence-electron chi connectivity index (χ2n) is 6.00. The van der Waals surface area contributed by atoms with E-state index >= 15 is 0 Å². The van der Waals surface area contributed by atoms with Gasteiger partial charge in [0.05, 0.1) is 6.26 Å². The van der Waals surface area contributed by atoms with Crippen molar-refractivity contribution in [1.82, 2.24) is 9.97 Å². The Morgan fingerprint density at radius 3 is 2.27 bits per heavy atom. The highest BCUT2D eigenvalue weighted by atomic mass is 16.3. The van der Waals surface area contributed by atoms with Gasteiger partial charge < -0.3 is 19.5 Å². The van der Waals surface area contributed by atoms with E-state index < -0.39 is 0 Å². The van der Waals surface area contributed by atoms with Crippen LogP contribution in [-0.4, -0.2) is 42.1 Å². The average Bonchev–Trinajstić information content (AvgIpc) is 3.25. The number of nitrogens with one attached hydrogen (secondary N) is 1. The summed E-state index contributed by atoms with van der Waals surface area (Å²) in [7, 11) is 0. The van der Waals surface area contributed by atoms with E-state index in [1.807, 2.05) is 30.3 Å². The van der Waals surface area contributed by atoms with Crippen LogP contribution in [0.2, 0.25) is 0 Å². The first-order valence-corrected chi connectivity index (χ1v) is 8.51. The summed E-state index contributed by atoms with van der Waals surface area (Å²) in [6.07, 6.45) is 5.02. The summed E-state index contributed by atoms with van der Waals surface area (Å²) in [6.45, 7) is 3.55. The predicted octanol–water partition coefficient (Wildman–Crippen LogP) is 2.65. The van der Waals surface area contributed by atoms with Gasteiger partial charge in [-0.15, -0.1) is 0 Å². The lowest BCUT2D eigenvalue weighted by molar-refractivity contribution is 0.0996. The second kappa shape index (κ2) is 7.26. The molecule has 0 unspecified atom stereocenters. The number of carbonyl (C=O) groups excluding carboxylic acids is 1. The summed E-state index contributed by atoms with van der Waals surface area (Å²) in [6, 6.07) is 13.0. The number of anilines is 3. The molecule has 0 spiro atoms. The molecule has 3 heterocycles. The van der Waals surface area contributed by atoms with Crippen LogP contribution in [0, 0.1) is 0 Å². The maximum absolute atomic E-state index is 12.0. The Morgan fingerprint density at radius 2 is 1.62 bits per heavy atom.